The summed E-state index contributed by atoms with van der Waals surface area (Å²) < 4.78 is 40.7. The third-order valence-corrected chi connectivity index (χ3v) is 7.17. The summed E-state index contributed by atoms with van der Waals surface area (Å²) in [6.07, 6.45) is 0. The molecule has 2 aliphatic rings. The third-order valence-electron chi connectivity index (χ3n) is 5.75. The van der Waals surface area contributed by atoms with Crippen LogP contribution < -0.4 is 10.2 Å². The smallest absolute Gasteiger partial charge is 0.308 e. The van der Waals surface area contributed by atoms with E-state index in [0.717, 1.165) is 12.1 Å². The number of benzene rings is 3. The summed E-state index contributed by atoms with van der Waals surface area (Å²) in [7, 11) is 0. The Labute approximate surface area is 192 Å². The second-order valence-corrected chi connectivity index (χ2v) is 9.03. The number of halogens is 3. The van der Waals surface area contributed by atoms with Crippen molar-refractivity contribution in [2.24, 2.45) is 0 Å². The highest BCUT2D eigenvalue weighted by Gasteiger charge is 2.59. The van der Waals surface area contributed by atoms with Crippen molar-refractivity contribution >= 4 is 35.1 Å². The summed E-state index contributed by atoms with van der Waals surface area (Å²) in [5, 5.41) is 2.68. The molecule has 3 aromatic carbocycles. The monoisotopic (exact) mass is 469 g/mol. The quantitative estimate of drug-likeness (QED) is 0.582. The van der Waals surface area contributed by atoms with Gasteiger partial charge in [0.2, 0.25) is 0 Å². The summed E-state index contributed by atoms with van der Waals surface area (Å²) in [5.41, 5.74) is 1.96. The fraction of sp³-hybridized carbons (Fsp3) is 0.167. The number of nitrogens with one attached hydrogen (secondary N) is 1. The van der Waals surface area contributed by atoms with Crippen LogP contribution in [0.1, 0.15) is 11.1 Å². The van der Waals surface area contributed by atoms with Crippen molar-refractivity contribution in [3.8, 4) is 0 Å². The van der Waals surface area contributed by atoms with E-state index in [1.165, 1.54) is 45.8 Å². The molecule has 1 N–H and O–H groups in total. The number of carbonyl (C=O) groups excluding carboxylic acids is 2. The minimum absolute atomic E-state index is 0.0225. The van der Waals surface area contributed by atoms with Gasteiger partial charge in [0.1, 0.15) is 5.82 Å². The number of fused-ring (bicyclic) bond motifs is 2. The molecule has 1 fully saturated rings. The molecule has 3 amide bonds. The van der Waals surface area contributed by atoms with Crippen molar-refractivity contribution in [3.63, 3.8) is 0 Å². The van der Waals surface area contributed by atoms with E-state index in [1.807, 2.05) is 0 Å². The van der Waals surface area contributed by atoms with Crippen molar-refractivity contribution in [1.29, 1.82) is 0 Å². The highest BCUT2D eigenvalue weighted by molar-refractivity contribution is 8.01. The number of anilines is 2. The zero-order valence-corrected chi connectivity index (χ0v) is 18.0. The van der Waals surface area contributed by atoms with Crippen LogP contribution in [-0.4, -0.2) is 29.1 Å². The lowest BCUT2D eigenvalue weighted by Crippen LogP contribution is -2.51. The summed E-state index contributed by atoms with van der Waals surface area (Å²) in [5.74, 6) is -2.26. The van der Waals surface area contributed by atoms with Crippen LogP contribution in [0.15, 0.2) is 66.7 Å². The third kappa shape index (κ3) is 3.52. The second-order valence-electron chi connectivity index (χ2n) is 7.74. The van der Waals surface area contributed by atoms with Crippen LogP contribution in [-0.2, 0) is 16.2 Å². The average Bonchev–Trinajstić information content (AvgIpc) is 3.34. The molecule has 0 unspecified atom stereocenters. The Hall–Kier alpha value is -3.46. The van der Waals surface area contributed by atoms with E-state index in [-0.39, 0.29) is 18.1 Å². The molecular formula is C24H18F3N3O2S. The summed E-state index contributed by atoms with van der Waals surface area (Å²) in [6.45, 7) is 0.333. The van der Waals surface area contributed by atoms with Crippen molar-refractivity contribution in [2.45, 2.75) is 11.4 Å². The normalized spacial score (nSPS) is 19.3. The van der Waals surface area contributed by atoms with Gasteiger partial charge in [-0.2, -0.15) is 0 Å². The second kappa shape index (κ2) is 8.15. The molecule has 9 heteroatoms. The molecule has 3 aromatic rings. The van der Waals surface area contributed by atoms with Gasteiger partial charge in [0.15, 0.2) is 16.5 Å². The number of hydrogen-bond donors (Lipinski definition) is 1. The van der Waals surface area contributed by atoms with Crippen LogP contribution >= 0.6 is 11.8 Å². The highest BCUT2D eigenvalue weighted by Crippen LogP contribution is 2.54. The number of para-hydroxylation sites is 1. The lowest BCUT2D eigenvalue weighted by atomic mass is 10.1. The first-order chi connectivity index (χ1) is 15.9. The number of amides is 3. The van der Waals surface area contributed by atoms with Gasteiger partial charge < -0.3 is 10.2 Å². The average molecular weight is 469 g/mol. The predicted molar refractivity (Wildman–Crippen MR) is 120 cm³/mol. The van der Waals surface area contributed by atoms with Crippen molar-refractivity contribution < 1.29 is 22.8 Å². The van der Waals surface area contributed by atoms with Crippen molar-refractivity contribution in [2.75, 3.05) is 22.5 Å². The van der Waals surface area contributed by atoms with Gasteiger partial charge in [0.05, 0.1) is 12.2 Å². The molecular weight excluding hydrogens is 451 g/mol. The van der Waals surface area contributed by atoms with E-state index in [0.29, 0.717) is 29.1 Å². The van der Waals surface area contributed by atoms with Crippen LogP contribution in [0.5, 0.6) is 0 Å². The van der Waals surface area contributed by atoms with Gasteiger partial charge in [-0.25, -0.2) is 18.0 Å². The number of hydrogen-bond acceptors (Lipinski definition) is 3. The van der Waals surface area contributed by atoms with E-state index < -0.39 is 28.4 Å². The molecule has 0 aliphatic carbocycles. The molecule has 2 aliphatic heterocycles. The maximum Gasteiger partial charge on any atom is 0.323 e. The summed E-state index contributed by atoms with van der Waals surface area (Å²) in [6, 6.07) is 15.6. The molecule has 168 valence electrons. The number of nitrogens with zero attached hydrogens (tertiary/aromatic N) is 2. The molecule has 0 bridgehead atoms. The van der Waals surface area contributed by atoms with E-state index in [1.54, 1.807) is 30.3 Å². The number of carbonyl (C=O) groups is 2. The van der Waals surface area contributed by atoms with Crippen LogP contribution in [0, 0.1) is 17.5 Å². The molecule has 5 rings (SSSR count). The lowest BCUT2D eigenvalue weighted by Gasteiger charge is -2.33. The predicted octanol–water partition coefficient (Wildman–Crippen LogP) is 5.08. The van der Waals surface area contributed by atoms with E-state index >= 15 is 0 Å². The SMILES string of the molecule is O=C(Nc1cccc(F)c1)N1CCS[C@@]12C(=O)N(Cc1ccc(F)c(F)c1)c1ccccc12. The Morgan fingerprint density at radius 3 is 2.61 bits per heavy atom. The Morgan fingerprint density at radius 1 is 1.00 bits per heavy atom. The number of urea groups is 1. The summed E-state index contributed by atoms with van der Waals surface area (Å²) in [4.78, 5) is 28.7. The Bertz CT molecular complexity index is 1270. The van der Waals surface area contributed by atoms with Crippen LogP contribution in [0.25, 0.3) is 0 Å². The number of rotatable bonds is 3. The molecule has 0 saturated carbocycles. The number of thioether (sulfide) groups is 1. The molecule has 0 radical (unpaired) electrons. The van der Waals surface area contributed by atoms with Gasteiger partial charge in [-0.15, -0.1) is 11.8 Å². The maximum atomic E-state index is 13.8. The molecule has 5 nitrogen and oxygen atoms in total. The Kier molecular flexibility index (Phi) is 5.28. The van der Waals surface area contributed by atoms with Gasteiger partial charge in [0, 0.05) is 23.5 Å². The standard InChI is InChI=1S/C24H18F3N3O2S/c25-16-4-3-5-17(13-16)28-23(32)30-10-11-33-24(30)18-6-1-2-7-21(18)29(22(24)31)14-15-8-9-19(26)20(27)12-15/h1-9,12-13H,10-11,14H2,(H,28,32)/t24-/m0/s1. The van der Waals surface area contributed by atoms with E-state index in [9.17, 15) is 22.8 Å². The molecule has 33 heavy (non-hydrogen) atoms. The van der Waals surface area contributed by atoms with Crippen molar-refractivity contribution in [1.82, 2.24) is 4.90 Å². The molecule has 2 heterocycles. The van der Waals surface area contributed by atoms with Crippen molar-refractivity contribution in [3.05, 3.63) is 95.3 Å². The minimum atomic E-state index is -1.30. The summed E-state index contributed by atoms with van der Waals surface area (Å²) >= 11 is 1.34. The zero-order valence-electron chi connectivity index (χ0n) is 17.2. The fourth-order valence-corrected chi connectivity index (χ4v) is 5.76. The molecule has 1 saturated heterocycles. The minimum Gasteiger partial charge on any atom is -0.308 e. The van der Waals surface area contributed by atoms with E-state index in [2.05, 4.69) is 5.32 Å². The van der Waals surface area contributed by atoms with Gasteiger partial charge in [-0.1, -0.05) is 30.3 Å². The molecule has 1 atom stereocenters. The first-order valence-electron chi connectivity index (χ1n) is 10.2. The lowest BCUT2D eigenvalue weighted by molar-refractivity contribution is -0.123. The maximum absolute atomic E-state index is 13.8. The molecule has 1 spiro atoms. The van der Waals surface area contributed by atoms with Gasteiger partial charge >= 0.3 is 6.03 Å². The van der Waals surface area contributed by atoms with Crippen LogP contribution in [0.2, 0.25) is 0 Å². The van der Waals surface area contributed by atoms with Gasteiger partial charge in [-0.05, 0) is 42.0 Å². The Balaban J connectivity index is 1.50. The molecule has 0 aromatic heterocycles. The fourth-order valence-electron chi connectivity index (χ4n) is 4.30. The van der Waals surface area contributed by atoms with Gasteiger partial charge in [-0.3, -0.25) is 9.69 Å². The highest BCUT2D eigenvalue weighted by atomic mass is 32.2. The zero-order chi connectivity index (χ0) is 23.2. The first-order valence-corrected chi connectivity index (χ1v) is 11.2. The van der Waals surface area contributed by atoms with Crippen LogP contribution in [0.3, 0.4) is 0 Å². The topological polar surface area (TPSA) is 52.7 Å². The Morgan fingerprint density at radius 2 is 1.82 bits per heavy atom. The largest absolute Gasteiger partial charge is 0.323 e. The first kappa shape index (κ1) is 21.4. The van der Waals surface area contributed by atoms with Crippen LogP contribution in [0.4, 0.5) is 29.3 Å². The van der Waals surface area contributed by atoms with E-state index in [4.69, 9.17) is 0 Å². The van der Waals surface area contributed by atoms with Gasteiger partial charge in [0.25, 0.3) is 5.91 Å².